The van der Waals surface area contributed by atoms with Gasteiger partial charge in [0.1, 0.15) is 5.75 Å². The molecule has 1 aromatic carbocycles. The Labute approximate surface area is 140 Å². The molecular weight excluding hydrogens is 304 g/mol. The predicted molar refractivity (Wildman–Crippen MR) is 93.4 cm³/mol. The summed E-state index contributed by atoms with van der Waals surface area (Å²) in [5, 5.41) is 19.4. The molecule has 6 nitrogen and oxygen atoms in total. The Balaban J connectivity index is 1.63. The average Bonchev–Trinajstić information content (AvgIpc) is 3.01. The molecule has 124 valence electrons. The highest BCUT2D eigenvalue weighted by atomic mass is 16.3. The van der Waals surface area contributed by atoms with E-state index in [0.717, 1.165) is 24.0 Å². The minimum Gasteiger partial charge on any atom is -0.505 e. The lowest BCUT2D eigenvalue weighted by atomic mass is 10.1. The van der Waals surface area contributed by atoms with Crippen molar-refractivity contribution >= 4 is 17.2 Å². The van der Waals surface area contributed by atoms with E-state index in [-0.39, 0.29) is 12.4 Å². The first kappa shape index (κ1) is 16.1. The third kappa shape index (κ3) is 3.28. The molecular formula is C18H20N4O2. The number of fused-ring (bicyclic) bond motifs is 1. The van der Waals surface area contributed by atoms with E-state index in [1.165, 1.54) is 0 Å². The quantitative estimate of drug-likeness (QED) is 0.539. The second-order valence-electron chi connectivity index (χ2n) is 5.60. The molecule has 0 aliphatic rings. The van der Waals surface area contributed by atoms with Gasteiger partial charge in [-0.15, -0.1) is 0 Å². The largest absolute Gasteiger partial charge is 0.505 e. The second kappa shape index (κ2) is 7.23. The lowest BCUT2D eigenvalue weighted by Gasteiger charge is -2.07. The number of imidazole rings is 1. The van der Waals surface area contributed by atoms with Crippen molar-refractivity contribution in [3.63, 3.8) is 0 Å². The zero-order valence-electron chi connectivity index (χ0n) is 13.6. The Morgan fingerprint density at radius 2 is 2.08 bits per heavy atom. The van der Waals surface area contributed by atoms with Gasteiger partial charge in [0.05, 0.1) is 29.7 Å². The number of aromatic hydroxyl groups is 1. The first-order valence-corrected chi connectivity index (χ1v) is 7.88. The van der Waals surface area contributed by atoms with Crippen LogP contribution in [-0.4, -0.2) is 37.5 Å². The van der Waals surface area contributed by atoms with Gasteiger partial charge in [-0.2, -0.15) is 0 Å². The lowest BCUT2D eigenvalue weighted by molar-refractivity contribution is 0.280. The number of rotatable bonds is 6. The van der Waals surface area contributed by atoms with Crippen LogP contribution in [0.1, 0.15) is 23.2 Å². The highest BCUT2D eigenvalue weighted by molar-refractivity contribution is 5.85. The highest BCUT2D eigenvalue weighted by Gasteiger charge is 2.09. The number of hydrogen-bond acceptors (Lipinski definition) is 5. The van der Waals surface area contributed by atoms with Crippen LogP contribution >= 0.6 is 0 Å². The van der Waals surface area contributed by atoms with Crippen molar-refractivity contribution in [1.82, 2.24) is 14.5 Å². The van der Waals surface area contributed by atoms with Crippen molar-refractivity contribution in [1.29, 1.82) is 0 Å². The Bertz CT molecular complexity index is 871. The number of aryl methyl sites for hydroxylation is 2. The van der Waals surface area contributed by atoms with Crippen molar-refractivity contribution in [2.75, 3.05) is 6.54 Å². The monoisotopic (exact) mass is 324 g/mol. The third-order valence-electron chi connectivity index (χ3n) is 3.96. The van der Waals surface area contributed by atoms with E-state index in [0.29, 0.717) is 23.4 Å². The molecule has 0 spiro atoms. The number of hydrogen-bond donors (Lipinski definition) is 2. The Morgan fingerprint density at radius 3 is 2.92 bits per heavy atom. The van der Waals surface area contributed by atoms with Crippen molar-refractivity contribution < 1.29 is 10.2 Å². The number of para-hydroxylation sites is 2. The maximum absolute atomic E-state index is 10.1. The van der Waals surface area contributed by atoms with Crippen LogP contribution in [0.2, 0.25) is 0 Å². The van der Waals surface area contributed by atoms with Gasteiger partial charge >= 0.3 is 0 Å². The molecule has 2 aromatic heterocycles. The van der Waals surface area contributed by atoms with Crippen LogP contribution in [0.25, 0.3) is 11.0 Å². The normalized spacial score (nSPS) is 11.6. The van der Waals surface area contributed by atoms with Crippen LogP contribution in [0, 0.1) is 6.92 Å². The lowest BCUT2D eigenvalue weighted by Crippen LogP contribution is -2.00. The third-order valence-corrected chi connectivity index (χ3v) is 3.96. The van der Waals surface area contributed by atoms with E-state index < -0.39 is 0 Å². The molecule has 0 radical (unpaired) electrons. The summed E-state index contributed by atoms with van der Waals surface area (Å²) in [6.07, 6.45) is 5.88. The number of nitrogens with zero attached hydrogens (tertiary/aromatic N) is 4. The van der Waals surface area contributed by atoms with Gasteiger partial charge in [0.15, 0.2) is 0 Å². The van der Waals surface area contributed by atoms with Gasteiger partial charge < -0.3 is 14.8 Å². The topological polar surface area (TPSA) is 83.5 Å². The molecule has 0 unspecified atom stereocenters. The number of aliphatic imine (C=N–C) groups is 1. The van der Waals surface area contributed by atoms with E-state index in [9.17, 15) is 10.2 Å². The van der Waals surface area contributed by atoms with E-state index in [1.54, 1.807) is 19.3 Å². The minimum atomic E-state index is -0.177. The van der Waals surface area contributed by atoms with Crippen LogP contribution < -0.4 is 0 Å². The predicted octanol–water partition coefficient (Wildman–Crippen LogP) is 2.45. The highest BCUT2D eigenvalue weighted by Crippen LogP contribution is 2.22. The molecule has 0 amide bonds. The Hall–Kier alpha value is -2.73. The molecule has 0 saturated heterocycles. The molecule has 3 aromatic rings. The second-order valence-corrected chi connectivity index (χ2v) is 5.60. The van der Waals surface area contributed by atoms with Gasteiger partial charge in [-0.1, -0.05) is 12.1 Å². The fourth-order valence-corrected chi connectivity index (χ4v) is 2.60. The molecule has 0 aliphatic heterocycles. The summed E-state index contributed by atoms with van der Waals surface area (Å²) in [5.74, 6) is 0.0749. The standard InChI is InChI=1S/C18H20N4O2/c1-13-18(24)15(14(11-23)9-20-13)10-19-7-4-8-22-12-21-16-5-2-3-6-17(16)22/h2-3,5-6,9-10,12,23-24H,4,7-8,11H2,1H3. The van der Waals surface area contributed by atoms with Gasteiger partial charge in [-0.25, -0.2) is 4.98 Å². The maximum atomic E-state index is 10.1. The van der Waals surface area contributed by atoms with E-state index in [4.69, 9.17) is 0 Å². The number of aliphatic hydroxyl groups excluding tert-OH is 1. The van der Waals surface area contributed by atoms with E-state index in [1.807, 2.05) is 24.5 Å². The SMILES string of the molecule is Cc1ncc(CO)c(C=NCCCn2cnc3ccccc32)c1O. The number of benzene rings is 1. The summed E-state index contributed by atoms with van der Waals surface area (Å²) in [6, 6.07) is 8.03. The van der Waals surface area contributed by atoms with Gasteiger partial charge in [0.25, 0.3) is 0 Å². The molecule has 2 heterocycles. The molecule has 0 aliphatic carbocycles. The van der Waals surface area contributed by atoms with Crippen molar-refractivity contribution in [2.45, 2.75) is 26.5 Å². The summed E-state index contributed by atoms with van der Waals surface area (Å²) >= 11 is 0. The molecule has 0 fully saturated rings. The first-order chi connectivity index (χ1) is 11.7. The Morgan fingerprint density at radius 1 is 1.25 bits per heavy atom. The molecule has 2 N–H and O–H groups in total. The fourth-order valence-electron chi connectivity index (χ4n) is 2.60. The number of aromatic nitrogens is 3. The smallest absolute Gasteiger partial charge is 0.145 e. The fraction of sp³-hybridized carbons (Fsp3) is 0.278. The molecule has 0 bridgehead atoms. The van der Waals surface area contributed by atoms with Crippen molar-refractivity contribution in [3.05, 3.63) is 53.6 Å². The zero-order valence-corrected chi connectivity index (χ0v) is 13.6. The van der Waals surface area contributed by atoms with Crippen LogP contribution in [0.5, 0.6) is 5.75 Å². The molecule has 3 rings (SSSR count). The van der Waals surface area contributed by atoms with Crippen LogP contribution in [-0.2, 0) is 13.2 Å². The van der Waals surface area contributed by atoms with Crippen LogP contribution in [0.3, 0.4) is 0 Å². The summed E-state index contributed by atoms with van der Waals surface area (Å²) in [6.45, 7) is 2.99. The van der Waals surface area contributed by atoms with Gasteiger partial charge in [0.2, 0.25) is 0 Å². The summed E-state index contributed by atoms with van der Waals surface area (Å²) in [4.78, 5) is 12.8. The van der Waals surface area contributed by atoms with E-state index >= 15 is 0 Å². The van der Waals surface area contributed by atoms with Crippen LogP contribution in [0.15, 0.2) is 41.8 Å². The van der Waals surface area contributed by atoms with Gasteiger partial charge in [-0.05, 0) is 25.5 Å². The number of aliphatic hydroxyl groups is 1. The maximum Gasteiger partial charge on any atom is 0.145 e. The first-order valence-electron chi connectivity index (χ1n) is 7.88. The summed E-state index contributed by atoms with van der Waals surface area (Å²) < 4.78 is 2.11. The van der Waals surface area contributed by atoms with E-state index in [2.05, 4.69) is 25.6 Å². The number of pyridine rings is 1. The summed E-state index contributed by atoms with van der Waals surface area (Å²) in [5.41, 5.74) is 3.75. The van der Waals surface area contributed by atoms with Gasteiger partial charge in [-0.3, -0.25) is 9.98 Å². The van der Waals surface area contributed by atoms with Gasteiger partial charge in [0, 0.05) is 36.6 Å². The molecule has 0 saturated carbocycles. The van der Waals surface area contributed by atoms with Crippen molar-refractivity contribution in [2.24, 2.45) is 4.99 Å². The zero-order chi connectivity index (χ0) is 16.9. The summed E-state index contributed by atoms with van der Waals surface area (Å²) in [7, 11) is 0. The van der Waals surface area contributed by atoms with Crippen molar-refractivity contribution in [3.8, 4) is 5.75 Å². The molecule has 24 heavy (non-hydrogen) atoms. The average molecular weight is 324 g/mol. The molecule has 6 heteroatoms. The molecule has 0 atom stereocenters. The minimum absolute atomic E-state index is 0.0749. The van der Waals surface area contributed by atoms with Crippen LogP contribution in [0.4, 0.5) is 0 Å². The Kier molecular flexibility index (Phi) is 4.86.